The Hall–Kier alpha value is -2.33. The van der Waals surface area contributed by atoms with Crippen molar-refractivity contribution >= 4 is 34.1 Å². The molecule has 1 amide bonds. The predicted octanol–water partition coefficient (Wildman–Crippen LogP) is 3.56. The molecular formula is C17H17FN6OS2. The van der Waals surface area contributed by atoms with Gasteiger partial charge in [-0.3, -0.25) is 10.1 Å². The fourth-order valence-corrected chi connectivity index (χ4v) is 4.32. The van der Waals surface area contributed by atoms with Crippen molar-refractivity contribution in [2.45, 2.75) is 37.4 Å². The summed E-state index contributed by atoms with van der Waals surface area (Å²) in [6.07, 6.45) is 2.30. The van der Waals surface area contributed by atoms with E-state index in [1.165, 1.54) is 35.2 Å². The molecule has 10 heteroatoms. The van der Waals surface area contributed by atoms with Crippen molar-refractivity contribution in [3.63, 3.8) is 0 Å². The van der Waals surface area contributed by atoms with Crippen LogP contribution in [0.2, 0.25) is 0 Å². The molecule has 0 bridgehead atoms. The smallest absolute Gasteiger partial charge is 0.236 e. The molecule has 1 fully saturated rings. The largest absolute Gasteiger partial charge is 0.302 e. The summed E-state index contributed by atoms with van der Waals surface area (Å²) in [5.74, 6) is 0.787. The number of anilines is 1. The monoisotopic (exact) mass is 404 g/mol. The molecule has 1 saturated carbocycles. The van der Waals surface area contributed by atoms with Gasteiger partial charge in [0.05, 0.1) is 5.75 Å². The van der Waals surface area contributed by atoms with E-state index < -0.39 is 0 Å². The number of nitrogens with one attached hydrogen (secondary N) is 1. The van der Waals surface area contributed by atoms with Gasteiger partial charge in [0.1, 0.15) is 10.8 Å². The van der Waals surface area contributed by atoms with E-state index in [0.717, 1.165) is 17.8 Å². The first kappa shape index (κ1) is 18.1. The summed E-state index contributed by atoms with van der Waals surface area (Å²) >= 11 is 2.72. The molecule has 4 rings (SSSR count). The third kappa shape index (κ3) is 4.16. The third-order valence-corrected chi connectivity index (χ3v) is 6.03. The minimum atomic E-state index is -0.325. The summed E-state index contributed by atoms with van der Waals surface area (Å²) in [6.45, 7) is 2.57. The number of amides is 1. The van der Waals surface area contributed by atoms with Crippen molar-refractivity contribution in [3.05, 3.63) is 35.1 Å². The molecule has 0 saturated heterocycles. The molecule has 140 valence electrons. The second-order valence-corrected chi connectivity index (χ2v) is 8.07. The summed E-state index contributed by atoms with van der Waals surface area (Å²) in [6, 6.07) is 6.23. The SMILES string of the molecule is CCn1c(SCC(=O)Nc2nnc(C3CC3)s2)nnc1-c1cccc(F)c1. The maximum Gasteiger partial charge on any atom is 0.236 e. The highest BCUT2D eigenvalue weighted by atomic mass is 32.2. The highest BCUT2D eigenvalue weighted by Crippen LogP contribution is 2.42. The molecule has 0 atom stereocenters. The van der Waals surface area contributed by atoms with Crippen LogP contribution in [0.1, 0.15) is 30.7 Å². The minimum Gasteiger partial charge on any atom is -0.302 e. The molecular weight excluding hydrogens is 387 g/mol. The second kappa shape index (κ2) is 7.73. The van der Waals surface area contributed by atoms with Gasteiger partial charge < -0.3 is 4.57 Å². The van der Waals surface area contributed by atoms with Crippen LogP contribution in [0.5, 0.6) is 0 Å². The van der Waals surface area contributed by atoms with E-state index in [9.17, 15) is 9.18 Å². The highest BCUT2D eigenvalue weighted by molar-refractivity contribution is 7.99. The molecule has 0 aliphatic heterocycles. The molecule has 2 heterocycles. The summed E-state index contributed by atoms with van der Waals surface area (Å²) in [5.41, 5.74) is 0.655. The molecule has 1 aromatic carbocycles. The Labute approximate surface area is 163 Å². The van der Waals surface area contributed by atoms with Crippen molar-refractivity contribution in [1.82, 2.24) is 25.0 Å². The fraction of sp³-hybridized carbons (Fsp3) is 0.353. The van der Waals surface area contributed by atoms with Gasteiger partial charge in [0.2, 0.25) is 11.0 Å². The van der Waals surface area contributed by atoms with Gasteiger partial charge in [-0.05, 0) is 31.9 Å². The maximum absolute atomic E-state index is 13.5. The van der Waals surface area contributed by atoms with Crippen LogP contribution in [0.3, 0.4) is 0 Å². The number of thioether (sulfide) groups is 1. The van der Waals surface area contributed by atoms with Gasteiger partial charge in [-0.2, -0.15) is 0 Å². The summed E-state index contributed by atoms with van der Waals surface area (Å²) in [7, 11) is 0. The molecule has 0 spiro atoms. The zero-order valence-corrected chi connectivity index (χ0v) is 16.2. The molecule has 1 N–H and O–H groups in total. The first-order chi connectivity index (χ1) is 13.1. The van der Waals surface area contributed by atoms with Gasteiger partial charge in [-0.15, -0.1) is 20.4 Å². The summed E-state index contributed by atoms with van der Waals surface area (Å²) < 4.78 is 15.3. The summed E-state index contributed by atoms with van der Waals surface area (Å²) in [5, 5.41) is 21.4. The van der Waals surface area contributed by atoms with Crippen molar-refractivity contribution in [2.24, 2.45) is 0 Å². The van der Waals surface area contributed by atoms with Crippen molar-refractivity contribution in [3.8, 4) is 11.4 Å². The van der Waals surface area contributed by atoms with E-state index in [1.807, 2.05) is 11.5 Å². The highest BCUT2D eigenvalue weighted by Gasteiger charge is 2.27. The third-order valence-electron chi connectivity index (χ3n) is 4.06. The van der Waals surface area contributed by atoms with Crippen LogP contribution >= 0.6 is 23.1 Å². The molecule has 27 heavy (non-hydrogen) atoms. The fourth-order valence-electron chi connectivity index (χ4n) is 2.59. The topological polar surface area (TPSA) is 85.6 Å². The first-order valence-corrected chi connectivity index (χ1v) is 10.4. The number of carbonyl (C=O) groups excluding carboxylic acids is 1. The van der Waals surface area contributed by atoms with E-state index in [-0.39, 0.29) is 17.5 Å². The molecule has 1 aliphatic carbocycles. The average Bonchev–Trinajstić information content (AvgIpc) is 3.26. The number of rotatable bonds is 7. The zero-order chi connectivity index (χ0) is 18.8. The Morgan fingerprint density at radius 3 is 2.93 bits per heavy atom. The van der Waals surface area contributed by atoms with Gasteiger partial charge in [0, 0.05) is 18.0 Å². The molecule has 0 radical (unpaired) electrons. The maximum atomic E-state index is 13.5. The van der Waals surface area contributed by atoms with E-state index in [0.29, 0.717) is 34.1 Å². The van der Waals surface area contributed by atoms with Crippen LogP contribution < -0.4 is 5.32 Å². The Morgan fingerprint density at radius 1 is 1.33 bits per heavy atom. The van der Waals surface area contributed by atoms with E-state index in [4.69, 9.17) is 0 Å². The van der Waals surface area contributed by atoms with Crippen LogP contribution in [0.4, 0.5) is 9.52 Å². The number of hydrogen-bond donors (Lipinski definition) is 1. The van der Waals surface area contributed by atoms with Crippen LogP contribution in [-0.4, -0.2) is 36.6 Å². The van der Waals surface area contributed by atoms with Crippen LogP contribution in [0.25, 0.3) is 11.4 Å². The summed E-state index contributed by atoms with van der Waals surface area (Å²) in [4.78, 5) is 12.2. The normalized spacial score (nSPS) is 13.7. The first-order valence-electron chi connectivity index (χ1n) is 8.59. The van der Waals surface area contributed by atoms with Gasteiger partial charge in [-0.1, -0.05) is 35.2 Å². The van der Waals surface area contributed by atoms with Gasteiger partial charge in [0.15, 0.2) is 11.0 Å². The number of hydrogen-bond acceptors (Lipinski definition) is 7. The van der Waals surface area contributed by atoms with Gasteiger partial charge in [0.25, 0.3) is 0 Å². The van der Waals surface area contributed by atoms with E-state index in [2.05, 4.69) is 25.7 Å². The minimum absolute atomic E-state index is 0.170. The van der Waals surface area contributed by atoms with Gasteiger partial charge in [-0.25, -0.2) is 4.39 Å². The number of halogens is 1. The lowest BCUT2D eigenvalue weighted by molar-refractivity contribution is -0.113. The molecule has 0 unspecified atom stereocenters. The van der Waals surface area contributed by atoms with E-state index >= 15 is 0 Å². The Kier molecular flexibility index (Phi) is 5.17. The Morgan fingerprint density at radius 2 is 2.19 bits per heavy atom. The molecule has 1 aliphatic rings. The quantitative estimate of drug-likeness (QED) is 0.606. The van der Waals surface area contributed by atoms with Crippen LogP contribution in [0, 0.1) is 5.82 Å². The molecule has 7 nitrogen and oxygen atoms in total. The van der Waals surface area contributed by atoms with Crippen molar-refractivity contribution < 1.29 is 9.18 Å². The second-order valence-electron chi connectivity index (χ2n) is 6.12. The zero-order valence-electron chi connectivity index (χ0n) is 14.6. The molecule has 2 aromatic heterocycles. The van der Waals surface area contributed by atoms with Crippen molar-refractivity contribution in [1.29, 1.82) is 0 Å². The number of aromatic nitrogens is 5. The lowest BCUT2D eigenvalue weighted by atomic mass is 10.2. The lowest BCUT2D eigenvalue weighted by Gasteiger charge is -2.07. The van der Waals surface area contributed by atoms with E-state index in [1.54, 1.807) is 12.1 Å². The number of nitrogens with zero attached hydrogens (tertiary/aromatic N) is 5. The average molecular weight is 404 g/mol. The Balaban J connectivity index is 1.40. The molecule has 3 aromatic rings. The number of benzene rings is 1. The van der Waals surface area contributed by atoms with Crippen LogP contribution in [0.15, 0.2) is 29.4 Å². The lowest BCUT2D eigenvalue weighted by Crippen LogP contribution is -2.14. The predicted molar refractivity (Wildman–Crippen MR) is 102 cm³/mol. The standard InChI is InChI=1S/C17H17FN6OS2/c1-2-24-14(11-4-3-5-12(18)8-11)20-23-17(24)26-9-13(25)19-16-22-21-15(27-16)10-6-7-10/h3-5,8,10H,2,6-7,9H2,1H3,(H,19,22,25). The van der Waals surface area contributed by atoms with Crippen LogP contribution in [-0.2, 0) is 11.3 Å². The Bertz CT molecular complexity index is 968. The number of carbonyl (C=O) groups is 1. The van der Waals surface area contributed by atoms with Gasteiger partial charge >= 0.3 is 0 Å². The van der Waals surface area contributed by atoms with Crippen molar-refractivity contribution in [2.75, 3.05) is 11.1 Å².